The van der Waals surface area contributed by atoms with Crippen molar-refractivity contribution >= 4 is 55.9 Å². The third kappa shape index (κ3) is 8.44. The summed E-state index contributed by atoms with van der Waals surface area (Å²) in [7, 11) is -1.34. The van der Waals surface area contributed by atoms with E-state index in [9.17, 15) is 0 Å². The Morgan fingerprint density at radius 2 is 1.53 bits per heavy atom. The van der Waals surface area contributed by atoms with Gasteiger partial charge in [0.25, 0.3) is 0 Å². The van der Waals surface area contributed by atoms with Crippen molar-refractivity contribution in [2.45, 2.75) is 79.8 Å². The molecule has 5 nitrogen and oxygen atoms in total. The Hall–Kier alpha value is -5.11. The Kier molecular flexibility index (Phi) is 10.4. The minimum Gasteiger partial charge on any atom is -0.331 e. The Morgan fingerprint density at radius 3 is 2.17 bits per heavy atom. The zero-order valence-electron chi connectivity index (χ0n) is 41.1. The minimum absolute atomic E-state index is 0. The van der Waals surface area contributed by atoms with E-state index in [4.69, 9.17) is 18.2 Å². The monoisotopic (exact) mass is 1000 g/mol. The van der Waals surface area contributed by atoms with Gasteiger partial charge < -0.3 is 9.55 Å². The van der Waals surface area contributed by atoms with Gasteiger partial charge >= 0.3 is 0 Å². The molecule has 5 heterocycles. The number of rotatable bonds is 7. The molecule has 1 radical (unpaired) electrons. The van der Waals surface area contributed by atoms with Crippen LogP contribution >= 0.6 is 11.3 Å². The van der Waals surface area contributed by atoms with Crippen molar-refractivity contribution in [3.63, 3.8) is 0 Å². The second-order valence-corrected chi connectivity index (χ2v) is 22.8. The van der Waals surface area contributed by atoms with Gasteiger partial charge in [0.2, 0.25) is 0 Å². The SMILES string of the molecule is [2H]C([2H])([2H])c1c[c-]c(-c2ccc([Si](C)(C)C)cn2)cc1.[2H]C([2H])([2H])c1c[c-]c(-c2nc3cc(C)ncc3n2-c2c(C(C)C)cc(-c3ccccc3)cc2C(C)C)c2sc3ncccc3c12.[Ir]. The Morgan fingerprint density at radius 1 is 0.767 bits per heavy atom. The Balaban J connectivity index is 0.000000260. The molecule has 0 fully saturated rings. The number of nitrogens with zero attached hydrogens (tertiary/aromatic N) is 5. The molecule has 0 aliphatic heterocycles. The van der Waals surface area contributed by atoms with Crippen LogP contribution in [0, 0.1) is 32.8 Å². The molecule has 0 aliphatic rings. The molecular weight excluding hydrogens is 947 g/mol. The molecule has 0 atom stereocenters. The van der Waals surface area contributed by atoms with Gasteiger partial charge in [0.1, 0.15) is 4.83 Å². The summed E-state index contributed by atoms with van der Waals surface area (Å²) in [6.07, 6.45) is 5.58. The van der Waals surface area contributed by atoms with E-state index in [2.05, 4.69) is 116 Å². The van der Waals surface area contributed by atoms with E-state index in [-0.39, 0.29) is 37.5 Å². The molecule has 0 saturated heterocycles. The number of pyridine rings is 3. The fourth-order valence-electron chi connectivity index (χ4n) is 7.49. The molecule has 4 aromatic carbocycles. The third-order valence-corrected chi connectivity index (χ3v) is 13.8. The quantitative estimate of drug-likeness (QED) is 0.118. The predicted molar refractivity (Wildman–Crippen MR) is 253 cm³/mol. The molecule has 0 saturated carbocycles. The van der Waals surface area contributed by atoms with E-state index < -0.39 is 21.8 Å². The minimum atomic E-state index is -2.30. The molecule has 0 spiro atoms. The second-order valence-electron chi connectivity index (χ2n) is 16.7. The molecule has 60 heavy (non-hydrogen) atoms. The third-order valence-electron chi connectivity index (χ3n) is 10.7. The van der Waals surface area contributed by atoms with Crippen LogP contribution < -0.4 is 5.19 Å². The number of hydrogen-bond donors (Lipinski definition) is 0. The fraction of sp³-hybridized carbons (Fsp3) is 0.231. The first-order valence-corrected chi connectivity index (χ1v) is 24.3. The molecular formula is C52H51IrN5SSi-2. The van der Waals surface area contributed by atoms with E-state index in [0.717, 1.165) is 54.2 Å². The number of imidazole rings is 1. The summed E-state index contributed by atoms with van der Waals surface area (Å²) >= 11 is 1.49. The first-order chi connectivity index (χ1) is 30.7. The van der Waals surface area contributed by atoms with Crippen molar-refractivity contribution in [1.29, 1.82) is 0 Å². The predicted octanol–water partition coefficient (Wildman–Crippen LogP) is 13.6. The maximum Gasteiger partial charge on any atom is 0.113 e. The van der Waals surface area contributed by atoms with E-state index in [1.54, 1.807) is 24.4 Å². The maximum absolute atomic E-state index is 8.34. The smallest absolute Gasteiger partial charge is 0.113 e. The van der Waals surface area contributed by atoms with Gasteiger partial charge in [-0.1, -0.05) is 121 Å². The molecule has 9 rings (SSSR count). The van der Waals surface area contributed by atoms with E-state index in [0.29, 0.717) is 16.8 Å². The molecule has 305 valence electrons. The topological polar surface area (TPSA) is 56.5 Å². The van der Waals surface area contributed by atoms with Crippen molar-refractivity contribution in [3.8, 4) is 39.5 Å². The van der Waals surface area contributed by atoms with E-state index >= 15 is 0 Å². The number of thiophene rings is 1. The van der Waals surface area contributed by atoms with Crippen molar-refractivity contribution in [3.05, 3.63) is 156 Å². The number of fused-ring (bicyclic) bond motifs is 4. The summed E-state index contributed by atoms with van der Waals surface area (Å²) in [5.41, 5.74) is 11.4. The van der Waals surface area contributed by atoms with Crippen LogP contribution in [0.15, 0.2) is 116 Å². The number of aromatic nitrogens is 5. The maximum atomic E-state index is 8.34. The largest absolute Gasteiger partial charge is 0.331 e. The van der Waals surface area contributed by atoms with Gasteiger partial charge in [-0.3, -0.25) is 9.97 Å². The van der Waals surface area contributed by atoms with Crippen molar-refractivity contribution in [1.82, 2.24) is 24.5 Å². The van der Waals surface area contributed by atoms with Crippen LogP contribution in [-0.2, 0) is 20.1 Å². The summed E-state index contributed by atoms with van der Waals surface area (Å²) in [5, 5.41) is 2.83. The first kappa shape index (κ1) is 35.6. The molecule has 9 aromatic rings. The first-order valence-electron chi connectivity index (χ1n) is 23.0. The number of benzene rings is 4. The van der Waals surface area contributed by atoms with E-state index in [1.807, 2.05) is 49.6 Å². The van der Waals surface area contributed by atoms with E-state index in [1.165, 1.54) is 44.8 Å². The van der Waals surface area contributed by atoms with Crippen LogP contribution in [0.4, 0.5) is 0 Å². The van der Waals surface area contributed by atoms with Crippen LogP contribution in [0.1, 0.15) is 75.7 Å². The van der Waals surface area contributed by atoms with Crippen LogP contribution in [-0.4, -0.2) is 32.6 Å². The Bertz CT molecular complexity index is 3090. The van der Waals surface area contributed by atoms with Crippen LogP contribution in [0.2, 0.25) is 19.6 Å². The molecule has 0 amide bonds. The van der Waals surface area contributed by atoms with Crippen LogP contribution in [0.5, 0.6) is 0 Å². The standard InChI is InChI=1S/C37H33N4S.C15H18NSi.Ir/c1-21(2)29-18-26(25-11-8-7-9-12-25)19-30(22(3)4)34(29)41-32-20-39-24(6)17-31(32)40-36(41)28-15-14-23(5)33-27-13-10-16-38-37(27)42-35(28)33;1-12-5-7-13(8-6-12)15-10-9-14(11-16-15)17(2,3)4;/h7-14,16-22H,1-6H3;5-7,9-11H,1-4H3;/q2*-1;/i5D3;1D3;. The van der Waals surface area contributed by atoms with Crippen LogP contribution in [0.25, 0.3) is 70.8 Å². The van der Waals surface area contributed by atoms with Gasteiger partial charge in [-0.05, 0) is 80.9 Å². The summed E-state index contributed by atoms with van der Waals surface area (Å²) in [4.78, 5) is 19.8. The number of hydrogen-bond acceptors (Lipinski definition) is 5. The van der Waals surface area contributed by atoms with Crippen LogP contribution in [0.3, 0.4) is 0 Å². The second kappa shape index (κ2) is 17.5. The van der Waals surface area contributed by atoms with Crippen molar-refractivity contribution in [2.24, 2.45) is 0 Å². The summed E-state index contributed by atoms with van der Waals surface area (Å²) < 4.78 is 50.1. The Labute approximate surface area is 381 Å². The van der Waals surface area contributed by atoms with Gasteiger partial charge in [-0.2, -0.15) is 11.3 Å². The molecule has 0 N–H and O–H groups in total. The molecule has 0 aliphatic carbocycles. The summed E-state index contributed by atoms with van der Waals surface area (Å²) in [6.45, 7) is 13.3. The summed E-state index contributed by atoms with van der Waals surface area (Å²) in [5.74, 6) is 1.13. The zero-order chi connectivity index (χ0) is 46.6. The van der Waals surface area contributed by atoms with Crippen molar-refractivity contribution < 1.29 is 28.3 Å². The average molecular weight is 1000 g/mol. The molecule has 0 bridgehead atoms. The van der Waals surface area contributed by atoms with Gasteiger partial charge in [0, 0.05) is 57.5 Å². The van der Waals surface area contributed by atoms with Gasteiger partial charge in [-0.15, -0.1) is 53.1 Å². The zero-order valence-corrected chi connectivity index (χ0v) is 39.3. The number of aryl methyl sites for hydroxylation is 3. The van der Waals surface area contributed by atoms with Gasteiger partial charge in [-0.25, -0.2) is 4.98 Å². The normalized spacial score (nSPS) is 13.6. The average Bonchev–Trinajstić information content (AvgIpc) is 3.84. The van der Waals surface area contributed by atoms with Gasteiger partial charge in [0.15, 0.2) is 0 Å². The fourth-order valence-corrected chi connectivity index (χ4v) is 9.69. The van der Waals surface area contributed by atoms with Gasteiger partial charge in [0.05, 0.1) is 31.1 Å². The molecule has 0 unspecified atom stereocenters. The molecule has 8 heteroatoms. The molecule has 5 aromatic heterocycles. The summed E-state index contributed by atoms with van der Waals surface area (Å²) in [6, 6.07) is 38.0. The van der Waals surface area contributed by atoms with Crippen molar-refractivity contribution in [2.75, 3.05) is 0 Å².